The summed E-state index contributed by atoms with van der Waals surface area (Å²) in [5.74, 6) is -3.70. The van der Waals surface area contributed by atoms with Crippen LogP contribution in [-0.2, 0) is 19.2 Å². The number of Topliss-reactive ketones (excluding diaryl/α,β-unsaturated/α-hetero) is 1. The number of carbonyl (C=O) groups excluding carboxylic acids is 3. The lowest BCUT2D eigenvalue weighted by molar-refractivity contribution is -0.141. The van der Waals surface area contributed by atoms with Gasteiger partial charge in [0, 0.05) is 11.5 Å². The molecule has 2 amide bonds. The summed E-state index contributed by atoms with van der Waals surface area (Å²) >= 11 is 0. The molecule has 38 heavy (non-hydrogen) atoms. The van der Waals surface area contributed by atoms with Crippen molar-refractivity contribution in [2.24, 2.45) is 5.92 Å². The summed E-state index contributed by atoms with van der Waals surface area (Å²) in [6.45, 7) is 2.44. The average Bonchev–Trinajstić information content (AvgIpc) is 2.88. The fourth-order valence-electron chi connectivity index (χ4n) is 3.71. The minimum absolute atomic E-state index is 0.0808. The standard InChI is InChI=1S/C28H29FN2O7/c1-17(2)27(31-25(33)16-38-24-12-5-8-18-7-3-4-11-21(18)24)28(36)30-22(14-26(34)35)23(32)15-37-20-10-6-9-19(29)13-20/h3-13,17,22,27H,14-16H2,1-2H3,(H,30,36)(H,31,33)(H,34,35)/t22-,27-/m0/s1. The Morgan fingerprint density at radius 3 is 2.32 bits per heavy atom. The van der Waals surface area contributed by atoms with E-state index in [1.807, 2.05) is 30.3 Å². The van der Waals surface area contributed by atoms with Gasteiger partial charge in [-0.2, -0.15) is 0 Å². The number of hydrogen-bond donors (Lipinski definition) is 3. The van der Waals surface area contributed by atoms with Gasteiger partial charge in [-0.3, -0.25) is 19.2 Å². The van der Waals surface area contributed by atoms with E-state index in [0.717, 1.165) is 16.8 Å². The van der Waals surface area contributed by atoms with E-state index in [9.17, 15) is 28.7 Å². The zero-order valence-electron chi connectivity index (χ0n) is 21.0. The molecule has 0 aliphatic heterocycles. The molecule has 10 heteroatoms. The van der Waals surface area contributed by atoms with E-state index in [2.05, 4.69) is 10.6 Å². The lowest BCUT2D eigenvalue weighted by Gasteiger charge is -2.24. The number of nitrogens with one attached hydrogen (secondary N) is 2. The molecule has 2 atom stereocenters. The number of ketones is 1. The number of amides is 2. The summed E-state index contributed by atoms with van der Waals surface area (Å²) in [5, 5.41) is 16.0. The van der Waals surface area contributed by atoms with Crippen LogP contribution in [-0.4, -0.2) is 54.0 Å². The Bertz CT molecular complexity index is 1310. The van der Waals surface area contributed by atoms with E-state index < -0.39 is 54.5 Å². The number of fused-ring (bicyclic) bond motifs is 1. The lowest BCUT2D eigenvalue weighted by Crippen LogP contribution is -2.55. The van der Waals surface area contributed by atoms with Crippen molar-refractivity contribution in [3.8, 4) is 11.5 Å². The van der Waals surface area contributed by atoms with Gasteiger partial charge in [0.15, 0.2) is 12.4 Å². The first kappa shape index (κ1) is 28.1. The second-order valence-electron chi connectivity index (χ2n) is 8.93. The lowest BCUT2D eigenvalue weighted by atomic mass is 10.0. The van der Waals surface area contributed by atoms with Gasteiger partial charge in [0.2, 0.25) is 5.91 Å². The maximum absolute atomic E-state index is 13.3. The van der Waals surface area contributed by atoms with Crippen LogP contribution in [0.1, 0.15) is 20.3 Å². The molecule has 9 nitrogen and oxygen atoms in total. The third kappa shape index (κ3) is 8.02. The van der Waals surface area contributed by atoms with Crippen LogP contribution >= 0.6 is 0 Å². The predicted octanol–water partition coefficient (Wildman–Crippen LogP) is 3.11. The van der Waals surface area contributed by atoms with Gasteiger partial charge >= 0.3 is 5.97 Å². The minimum Gasteiger partial charge on any atom is -0.486 e. The quantitative estimate of drug-likeness (QED) is 0.313. The van der Waals surface area contributed by atoms with E-state index in [4.69, 9.17) is 9.47 Å². The molecule has 3 aromatic carbocycles. The van der Waals surface area contributed by atoms with Crippen LogP contribution in [0.2, 0.25) is 0 Å². The van der Waals surface area contributed by atoms with Crippen molar-refractivity contribution in [2.75, 3.05) is 13.2 Å². The Kier molecular flexibility index (Phi) is 9.75. The highest BCUT2D eigenvalue weighted by atomic mass is 19.1. The highest BCUT2D eigenvalue weighted by molar-refractivity contribution is 5.95. The predicted molar refractivity (Wildman–Crippen MR) is 137 cm³/mol. The maximum Gasteiger partial charge on any atom is 0.305 e. The van der Waals surface area contributed by atoms with Gasteiger partial charge in [-0.05, 0) is 29.5 Å². The van der Waals surface area contributed by atoms with Crippen LogP contribution in [0.15, 0.2) is 66.7 Å². The fraction of sp³-hybridized carbons (Fsp3) is 0.286. The Balaban J connectivity index is 1.61. The first-order valence-corrected chi connectivity index (χ1v) is 12.0. The molecule has 3 aromatic rings. The Morgan fingerprint density at radius 1 is 0.895 bits per heavy atom. The third-order valence-electron chi connectivity index (χ3n) is 5.64. The summed E-state index contributed by atoms with van der Waals surface area (Å²) in [4.78, 5) is 49.6. The monoisotopic (exact) mass is 524 g/mol. The van der Waals surface area contributed by atoms with E-state index in [-0.39, 0.29) is 18.3 Å². The number of halogens is 1. The van der Waals surface area contributed by atoms with Crippen LogP contribution in [0.3, 0.4) is 0 Å². The molecule has 3 rings (SSSR count). The maximum atomic E-state index is 13.3. The zero-order chi connectivity index (χ0) is 27.7. The van der Waals surface area contributed by atoms with E-state index in [0.29, 0.717) is 5.75 Å². The molecular formula is C28H29FN2O7. The smallest absolute Gasteiger partial charge is 0.305 e. The number of aliphatic carboxylic acids is 1. The summed E-state index contributed by atoms with van der Waals surface area (Å²) in [6.07, 6.45) is -0.694. The average molecular weight is 525 g/mol. The molecule has 3 N–H and O–H groups in total. The second kappa shape index (κ2) is 13.2. The van der Waals surface area contributed by atoms with E-state index >= 15 is 0 Å². The summed E-state index contributed by atoms with van der Waals surface area (Å²) < 4.78 is 24.3. The van der Waals surface area contributed by atoms with Gasteiger partial charge in [0.25, 0.3) is 5.91 Å². The van der Waals surface area contributed by atoms with Crippen molar-refractivity contribution in [3.05, 3.63) is 72.5 Å². The van der Waals surface area contributed by atoms with Crippen molar-refractivity contribution in [2.45, 2.75) is 32.4 Å². The Hall–Kier alpha value is -4.47. The van der Waals surface area contributed by atoms with Crippen LogP contribution in [0.4, 0.5) is 4.39 Å². The fourth-order valence-corrected chi connectivity index (χ4v) is 3.71. The molecule has 0 bridgehead atoms. The number of carboxylic acid groups (broad SMARTS) is 1. The van der Waals surface area contributed by atoms with Gasteiger partial charge in [-0.15, -0.1) is 0 Å². The molecule has 200 valence electrons. The normalized spacial score (nSPS) is 12.4. The number of rotatable bonds is 13. The van der Waals surface area contributed by atoms with Crippen molar-refractivity contribution < 1.29 is 38.1 Å². The molecule has 0 radical (unpaired) electrons. The van der Waals surface area contributed by atoms with Crippen molar-refractivity contribution in [3.63, 3.8) is 0 Å². The molecule has 0 aliphatic carbocycles. The Morgan fingerprint density at radius 2 is 1.61 bits per heavy atom. The van der Waals surface area contributed by atoms with Crippen LogP contribution in [0.25, 0.3) is 10.8 Å². The van der Waals surface area contributed by atoms with Gasteiger partial charge in [-0.1, -0.05) is 56.3 Å². The van der Waals surface area contributed by atoms with Gasteiger partial charge in [-0.25, -0.2) is 4.39 Å². The van der Waals surface area contributed by atoms with Crippen molar-refractivity contribution >= 4 is 34.3 Å². The second-order valence-corrected chi connectivity index (χ2v) is 8.93. The molecule has 0 saturated carbocycles. The van der Waals surface area contributed by atoms with Crippen LogP contribution in [0.5, 0.6) is 11.5 Å². The largest absolute Gasteiger partial charge is 0.486 e. The summed E-state index contributed by atoms with van der Waals surface area (Å²) in [7, 11) is 0. The Labute approximate surface area is 218 Å². The SMILES string of the molecule is CC(C)[C@H](NC(=O)COc1cccc2ccccc12)C(=O)N[C@@H](CC(=O)O)C(=O)COc1cccc(F)c1. The molecule has 0 spiro atoms. The molecule has 0 unspecified atom stereocenters. The first-order chi connectivity index (χ1) is 18.1. The summed E-state index contributed by atoms with van der Waals surface area (Å²) in [5.41, 5.74) is 0. The van der Waals surface area contributed by atoms with Crippen LogP contribution < -0.4 is 20.1 Å². The molecule has 0 fully saturated rings. The molecule has 0 heterocycles. The van der Waals surface area contributed by atoms with Crippen molar-refractivity contribution in [1.29, 1.82) is 0 Å². The number of carbonyl (C=O) groups is 4. The highest BCUT2D eigenvalue weighted by Crippen LogP contribution is 2.25. The van der Waals surface area contributed by atoms with Crippen LogP contribution in [0, 0.1) is 11.7 Å². The first-order valence-electron chi connectivity index (χ1n) is 12.0. The highest BCUT2D eigenvalue weighted by Gasteiger charge is 2.30. The number of carboxylic acids is 1. The third-order valence-corrected chi connectivity index (χ3v) is 5.64. The summed E-state index contributed by atoms with van der Waals surface area (Å²) in [6, 6.07) is 15.6. The van der Waals surface area contributed by atoms with Crippen molar-refractivity contribution in [1.82, 2.24) is 10.6 Å². The number of ether oxygens (including phenoxy) is 2. The molecular weight excluding hydrogens is 495 g/mol. The minimum atomic E-state index is -1.42. The number of benzene rings is 3. The van der Waals surface area contributed by atoms with E-state index in [1.54, 1.807) is 26.0 Å². The van der Waals surface area contributed by atoms with Gasteiger partial charge < -0.3 is 25.2 Å². The molecule has 0 aromatic heterocycles. The van der Waals surface area contributed by atoms with Gasteiger partial charge in [0.1, 0.15) is 36.0 Å². The topological polar surface area (TPSA) is 131 Å². The van der Waals surface area contributed by atoms with Gasteiger partial charge in [0.05, 0.1) is 6.42 Å². The van der Waals surface area contributed by atoms with E-state index in [1.165, 1.54) is 18.2 Å². The molecule has 0 saturated heterocycles. The number of hydrogen-bond acceptors (Lipinski definition) is 6. The molecule has 0 aliphatic rings. The zero-order valence-corrected chi connectivity index (χ0v) is 21.0.